The number of amides is 2. The van der Waals surface area contributed by atoms with Crippen LogP contribution in [-0.4, -0.2) is 29.1 Å². The van der Waals surface area contributed by atoms with E-state index in [1.54, 1.807) is 0 Å². The molecule has 2 N–H and O–H groups in total. The highest BCUT2D eigenvalue weighted by Gasteiger charge is 2.15. The van der Waals surface area contributed by atoms with E-state index in [9.17, 15) is 9.59 Å². The smallest absolute Gasteiger partial charge is 0.234 e. The number of thiazole rings is 1. The summed E-state index contributed by atoms with van der Waals surface area (Å²) in [6.45, 7) is 2.79. The van der Waals surface area contributed by atoms with E-state index < -0.39 is 0 Å². The predicted octanol–water partition coefficient (Wildman–Crippen LogP) is 4.42. The molecule has 1 aliphatic rings. The summed E-state index contributed by atoms with van der Waals surface area (Å²) >= 11 is 2.88. The molecule has 0 spiro atoms. The standard InChI is InChI=1S/C21H27N3O2S2/c1-15-7-9-17(10-8-15)23-20(26)14-28-21-24-18(13-27-21)11-19(25)22-12-16-5-3-2-4-6-16/h7-10,13,16H,2-6,11-12,14H2,1H3,(H,22,25)(H,23,26). The van der Waals surface area contributed by atoms with Crippen LogP contribution in [-0.2, 0) is 16.0 Å². The van der Waals surface area contributed by atoms with Crippen molar-refractivity contribution in [1.29, 1.82) is 0 Å². The number of hydrogen-bond acceptors (Lipinski definition) is 5. The average molecular weight is 418 g/mol. The van der Waals surface area contributed by atoms with Crippen molar-refractivity contribution in [3.05, 3.63) is 40.9 Å². The molecular weight excluding hydrogens is 390 g/mol. The van der Waals surface area contributed by atoms with Gasteiger partial charge in [0.2, 0.25) is 11.8 Å². The minimum Gasteiger partial charge on any atom is -0.355 e. The number of nitrogens with zero attached hydrogens (tertiary/aromatic N) is 1. The molecule has 1 fully saturated rings. The number of thioether (sulfide) groups is 1. The lowest BCUT2D eigenvalue weighted by atomic mass is 9.89. The normalized spacial score (nSPS) is 14.6. The maximum absolute atomic E-state index is 12.1. The van der Waals surface area contributed by atoms with Crippen molar-refractivity contribution in [1.82, 2.24) is 10.3 Å². The van der Waals surface area contributed by atoms with E-state index in [-0.39, 0.29) is 11.8 Å². The Morgan fingerprint density at radius 3 is 2.64 bits per heavy atom. The highest BCUT2D eigenvalue weighted by atomic mass is 32.2. The summed E-state index contributed by atoms with van der Waals surface area (Å²) in [5.74, 6) is 0.904. The number of nitrogens with one attached hydrogen (secondary N) is 2. The zero-order valence-electron chi connectivity index (χ0n) is 16.2. The molecule has 0 radical (unpaired) electrons. The third-order valence-corrected chi connectivity index (χ3v) is 6.92. The van der Waals surface area contributed by atoms with Gasteiger partial charge in [0.15, 0.2) is 4.34 Å². The van der Waals surface area contributed by atoms with Crippen molar-refractivity contribution in [2.75, 3.05) is 17.6 Å². The number of hydrogen-bond donors (Lipinski definition) is 2. The molecule has 2 amide bonds. The van der Waals surface area contributed by atoms with E-state index in [2.05, 4.69) is 15.6 Å². The molecule has 1 heterocycles. The summed E-state index contributed by atoms with van der Waals surface area (Å²) in [6.07, 6.45) is 6.65. The topological polar surface area (TPSA) is 71.1 Å². The summed E-state index contributed by atoms with van der Waals surface area (Å²) in [6, 6.07) is 7.72. The van der Waals surface area contributed by atoms with E-state index in [1.807, 2.05) is 36.6 Å². The molecule has 1 aromatic carbocycles. The van der Waals surface area contributed by atoms with E-state index in [0.29, 0.717) is 18.1 Å². The Hall–Kier alpha value is -1.86. The van der Waals surface area contributed by atoms with Crippen molar-refractivity contribution in [3.8, 4) is 0 Å². The number of rotatable bonds is 8. The van der Waals surface area contributed by atoms with Crippen LogP contribution in [0.15, 0.2) is 34.0 Å². The fourth-order valence-corrected chi connectivity index (χ4v) is 4.92. The molecule has 0 bridgehead atoms. The molecule has 1 aromatic heterocycles. The van der Waals surface area contributed by atoms with Crippen LogP contribution in [0.1, 0.15) is 43.4 Å². The number of carbonyl (C=O) groups excluding carboxylic acids is 2. The Kier molecular flexibility index (Phi) is 7.91. The fourth-order valence-electron chi connectivity index (χ4n) is 3.27. The first-order valence-electron chi connectivity index (χ1n) is 9.79. The quantitative estimate of drug-likeness (QED) is 0.624. The van der Waals surface area contributed by atoms with E-state index in [4.69, 9.17) is 0 Å². The van der Waals surface area contributed by atoms with E-state index in [1.165, 1.54) is 55.2 Å². The van der Waals surface area contributed by atoms with Crippen LogP contribution in [0.3, 0.4) is 0 Å². The first-order chi connectivity index (χ1) is 13.6. The minimum atomic E-state index is -0.0594. The van der Waals surface area contributed by atoms with Gasteiger partial charge in [-0.2, -0.15) is 0 Å². The molecule has 0 atom stereocenters. The van der Waals surface area contributed by atoms with Crippen molar-refractivity contribution in [2.45, 2.75) is 49.8 Å². The highest BCUT2D eigenvalue weighted by molar-refractivity contribution is 8.01. The molecule has 5 nitrogen and oxygen atoms in total. The molecule has 2 aromatic rings. The first-order valence-corrected chi connectivity index (χ1v) is 11.7. The summed E-state index contributed by atoms with van der Waals surface area (Å²) in [4.78, 5) is 28.7. The van der Waals surface area contributed by atoms with Gasteiger partial charge in [-0.15, -0.1) is 11.3 Å². The van der Waals surface area contributed by atoms with Crippen LogP contribution in [0.5, 0.6) is 0 Å². The Labute approximate surface area is 174 Å². The SMILES string of the molecule is Cc1ccc(NC(=O)CSc2nc(CC(=O)NCC3CCCCC3)cs2)cc1. The molecule has 1 saturated carbocycles. The van der Waals surface area contributed by atoms with Crippen LogP contribution in [0.4, 0.5) is 5.69 Å². The lowest BCUT2D eigenvalue weighted by Crippen LogP contribution is -2.31. The Morgan fingerprint density at radius 2 is 1.89 bits per heavy atom. The minimum absolute atomic E-state index is 0.0320. The number of aromatic nitrogens is 1. The zero-order valence-corrected chi connectivity index (χ0v) is 17.8. The number of aryl methyl sites for hydroxylation is 1. The van der Waals surface area contributed by atoms with Crippen molar-refractivity contribution in [2.24, 2.45) is 5.92 Å². The van der Waals surface area contributed by atoms with Crippen LogP contribution in [0.2, 0.25) is 0 Å². The molecule has 7 heteroatoms. The molecule has 28 heavy (non-hydrogen) atoms. The summed E-state index contributed by atoms with van der Waals surface area (Å²) in [5, 5.41) is 7.83. The van der Waals surface area contributed by atoms with Crippen molar-refractivity contribution in [3.63, 3.8) is 0 Å². The third kappa shape index (κ3) is 6.95. The Morgan fingerprint density at radius 1 is 1.14 bits per heavy atom. The van der Waals surface area contributed by atoms with Gasteiger partial charge < -0.3 is 10.6 Å². The molecule has 150 valence electrons. The lowest BCUT2D eigenvalue weighted by molar-refractivity contribution is -0.120. The highest BCUT2D eigenvalue weighted by Crippen LogP contribution is 2.24. The van der Waals surface area contributed by atoms with Crippen LogP contribution in [0.25, 0.3) is 0 Å². The van der Waals surface area contributed by atoms with Gasteiger partial charge in [-0.05, 0) is 37.8 Å². The van der Waals surface area contributed by atoms with Crippen LogP contribution >= 0.6 is 23.1 Å². The molecule has 3 rings (SSSR count). The van der Waals surface area contributed by atoms with Crippen LogP contribution < -0.4 is 10.6 Å². The van der Waals surface area contributed by atoms with Crippen molar-refractivity contribution >= 4 is 40.6 Å². The maximum atomic E-state index is 12.1. The lowest BCUT2D eigenvalue weighted by Gasteiger charge is -2.21. The second kappa shape index (κ2) is 10.6. The van der Waals surface area contributed by atoms with Gasteiger partial charge in [-0.3, -0.25) is 9.59 Å². The van der Waals surface area contributed by atoms with Gasteiger partial charge in [-0.1, -0.05) is 48.7 Å². The van der Waals surface area contributed by atoms with Gasteiger partial charge >= 0.3 is 0 Å². The number of benzene rings is 1. The zero-order chi connectivity index (χ0) is 19.8. The number of carbonyl (C=O) groups is 2. The number of anilines is 1. The largest absolute Gasteiger partial charge is 0.355 e. The van der Waals surface area contributed by atoms with Gasteiger partial charge in [0, 0.05) is 17.6 Å². The maximum Gasteiger partial charge on any atom is 0.234 e. The van der Waals surface area contributed by atoms with Gasteiger partial charge in [0.25, 0.3) is 0 Å². The van der Waals surface area contributed by atoms with Gasteiger partial charge in [0.05, 0.1) is 17.9 Å². The molecular formula is C21H27N3O2S2. The van der Waals surface area contributed by atoms with Crippen molar-refractivity contribution < 1.29 is 9.59 Å². The molecule has 0 saturated heterocycles. The first kappa shape index (κ1) is 20.9. The van der Waals surface area contributed by atoms with Gasteiger partial charge in [0.1, 0.15) is 0 Å². The summed E-state index contributed by atoms with van der Waals surface area (Å²) in [5.41, 5.74) is 2.73. The average Bonchev–Trinajstić information content (AvgIpc) is 3.15. The monoisotopic (exact) mass is 417 g/mol. The third-order valence-electron chi connectivity index (χ3n) is 4.85. The van der Waals surface area contributed by atoms with Gasteiger partial charge in [-0.25, -0.2) is 4.98 Å². The Bertz CT molecular complexity index is 783. The predicted molar refractivity (Wildman–Crippen MR) is 116 cm³/mol. The second-order valence-corrected chi connectivity index (χ2v) is 9.37. The fraction of sp³-hybridized carbons (Fsp3) is 0.476. The second-order valence-electron chi connectivity index (χ2n) is 7.29. The Balaban J connectivity index is 1.37. The van der Waals surface area contributed by atoms with Crippen LogP contribution in [0, 0.1) is 12.8 Å². The molecule has 0 aliphatic heterocycles. The van der Waals surface area contributed by atoms with E-state index in [0.717, 1.165) is 27.8 Å². The molecule has 1 aliphatic carbocycles. The molecule has 0 unspecified atom stereocenters. The summed E-state index contributed by atoms with van der Waals surface area (Å²) < 4.78 is 0.814. The summed E-state index contributed by atoms with van der Waals surface area (Å²) in [7, 11) is 0. The van der Waals surface area contributed by atoms with E-state index >= 15 is 0 Å².